The van der Waals surface area contributed by atoms with E-state index in [1.807, 2.05) is 30.3 Å². The Kier molecular flexibility index (Phi) is 7.59. The van der Waals surface area contributed by atoms with Gasteiger partial charge >= 0.3 is 0 Å². The van der Waals surface area contributed by atoms with Crippen LogP contribution in [0.25, 0.3) is 0 Å². The highest BCUT2D eigenvalue weighted by molar-refractivity contribution is 5.85. The molecule has 35 heavy (non-hydrogen) atoms. The molecule has 4 rings (SSSR count). The fraction of sp³-hybridized carbons (Fsp3) is 0.387. The summed E-state index contributed by atoms with van der Waals surface area (Å²) in [6.07, 6.45) is 5.99. The molecule has 0 atom stereocenters. The molecule has 0 radical (unpaired) electrons. The van der Waals surface area contributed by atoms with Crippen LogP contribution in [0, 0.1) is 11.7 Å². The Bertz CT molecular complexity index is 1220. The lowest BCUT2D eigenvalue weighted by Crippen LogP contribution is -2.13. The molecule has 3 nitrogen and oxygen atoms in total. The summed E-state index contributed by atoms with van der Waals surface area (Å²) in [4.78, 5) is 29.0. The molecule has 4 heteroatoms. The Morgan fingerprint density at radius 1 is 0.886 bits per heavy atom. The van der Waals surface area contributed by atoms with Crippen molar-refractivity contribution in [3.05, 3.63) is 100 Å². The normalized spacial score (nSPS) is 13.6. The third-order valence-electron chi connectivity index (χ3n) is 6.67. The van der Waals surface area contributed by atoms with E-state index in [1.165, 1.54) is 5.56 Å². The van der Waals surface area contributed by atoms with E-state index in [2.05, 4.69) is 37.9 Å². The largest absolute Gasteiger partial charge is 0.299 e. The maximum absolute atomic E-state index is 14.8. The van der Waals surface area contributed by atoms with Crippen molar-refractivity contribution in [3.63, 3.8) is 0 Å². The van der Waals surface area contributed by atoms with Crippen LogP contribution in [0.1, 0.15) is 67.1 Å². The van der Waals surface area contributed by atoms with Gasteiger partial charge in [0.05, 0.1) is 0 Å². The van der Waals surface area contributed by atoms with Crippen LogP contribution in [0.4, 0.5) is 4.39 Å². The van der Waals surface area contributed by atoms with Crippen LogP contribution in [-0.2, 0) is 47.1 Å². The molecule has 2 aromatic carbocycles. The quantitative estimate of drug-likeness (QED) is 0.355. The third kappa shape index (κ3) is 7.17. The molecule has 0 spiro atoms. The van der Waals surface area contributed by atoms with Gasteiger partial charge in [0.2, 0.25) is 0 Å². The smallest absolute Gasteiger partial charge is 0.141 e. The first-order valence-corrected chi connectivity index (χ1v) is 12.5. The van der Waals surface area contributed by atoms with E-state index in [1.54, 1.807) is 18.3 Å². The number of carbonyl (C=O) groups excluding carboxylic acids is 2. The standard InChI is InChI=1S/C31H34FNO2/c1-31(2,3)26-6-4-5-23(15-26)17-28(34)19-25-10-9-21(18-29(25)32)7-8-22-13-14-33-27(16-22)20-30(35)24-11-12-24/h4-6,9-10,13-16,18,24H,7-8,11-12,17,19-20H2,1-3H3. The molecule has 1 heterocycles. The second-order valence-corrected chi connectivity index (χ2v) is 10.8. The fourth-order valence-electron chi connectivity index (χ4n) is 4.34. The molecule has 182 valence electrons. The number of hydrogen-bond acceptors (Lipinski definition) is 3. The first-order chi connectivity index (χ1) is 16.7. The minimum Gasteiger partial charge on any atom is -0.299 e. The van der Waals surface area contributed by atoms with Gasteiger partial charge in [0.15, 0.2) is 0 Å². The van der Waals surface area contributed by atoms with E-state index >= 15 is 0 Å². The Hall–Kier alpha value is -3.14. The summed E-state index contributed by atoms with van der Waals surface area (Å²) in [6, 6.07) is 17.2. The van der Waals surface area contributed by atoms with Gasteiger partial charge in [-0.1, -0.05) is 57.2 Å². The number of nitrogens with zero attached hydrogens (tertiary/aromatic N) is 1. The molecule has 1 aliphatic carbocycles. The number of halogens is 1. The van der Waals surface area contributed by atoms with Gasteiger partial charge in [-0.2, -0.15) is 0 Å². The van der Waals surface area contributed by atoms with E-state index in [4.69, 9.17) is 0 Å². The Balaban J connectivity index is 1.32. The van der Waals surface area contributed by atoms with Crippen LogP contribution in [0.3, 0.4) is 0 Å². The van der Waals surface area contributed by atoms with Gasteiger partial charge in [-0.25, -0.2) is 4.39 Å². The van der Waals surface area contributed by atoms with Crippen molar-refractivity contribution < 1.29 is 14.0 Å². The van der Waals surface area contributed by atoms with Gasteiger partial charge < -0.3 is 0 Å². The summed E-state index contributed by atoms with van der Waals surface area (Å²) >= 11 is 0. The number of aromatic nitrogens is 1. The fourth-order valence-corrected chi connectivity index (χ4v) is 4.34. The van der Waals surface area contributed by atoms with Gasteiger partial charge in [-0.15, -0.1) is 0 Å². The number of hydrogen-bond donors (Lipinski definition) is 0. The number of aryl methyl sites for hydroxylation is 2. The summed E-state index contributed by atoms with van der Waals surface area (Å²) in [7, 11) is 0. The molecule has 0 aliphatic heterocycles. The Morgan fingerprint density at radius 2 is 1.63 bits per heavy atom. The van der Waals surface area contributed by atoms with Gasteiger partial charge in [-0.05, 0) is 77.1 Å². The topological polar surface area (TPSA) is 47.0 Å². The highest BCUT2D eigenvalue weighted by Gasteiger charge is 2.29. The Labute approximate surface area is 207 Å². The SMILES string of the molecule is CC(C)(C)c1cccc(CC(=O)Cc2ccc(CCc3ccnc(CC(=O)C4CC4)c3)cc2F)c1. The number of ketones is 2. The molecule has 1 aliphatic rings. The number of Topliss-reactive ketones (excluding diaryl/α,β-unsaturated/α-hetero) is 2. The zero-order valence-electron chi connectivity index (χ0n) is 20.9. The highest BCUT2D eigenvalue weighted by Crippen LogP contribution is 2.30. The van der Waals surface area contributed by atoms with Crippen molar-refractivity contribution in [3.8, 4) is 0 Å². The average molecular weight is 472 g/mol. The molecule has 3 aromatic rings. The lowest BCUT2D eigenvalue weighted by molar-refractivity contribution is -0.119. The molecule has 1 saturated carbocycles. The molecule has 1 fully saturated rings. The molecular weight excluding hydrogens is 437 g/mol. The minimum atomic E-state index is -0.329. The summed E-state index contributed by atoms with van der Waals surface area (Å²) in [5.41, 5.74) is 5.42. The highest BCUT2D eigenvalue weighted by atomic mass is 19.1. The molecule has 0 N–H and O–H groups in total. The van der Waals surface area contributed by atoms with Crippen molar-refractivity contribution in [2.24, 2.45) is 5.92 Å². The minimum absolute atomic E-state index is 0.00719. The van der Waals surface area contributed by atoms with E-state index in [0.717, 1.165) is 41.6 Å². The van der Waals surface area contributed by atoms with Gasteiger partial charge in [-0.3, -0.25) is 14.6 Å². The van der Waals surface area contributed by atoms with E-state index in [9.17, 15) is 14.0 Å². The third-order valence-corrected chi connectivity index (χ3v) is 6.67. The predicted octanol–water partition coefficient (Wildman–Crippen LogP) is 6.18. The second kappa shape index (κ2) is 10.6. The van der Waals surface area contributed by atoms with Crippen LogP contribution >= 0.6 is 0 Å². The van der Waals surface area contributed by atoms with Crippen molar-refractivity contribution in [1.82, 2.24) is 4.98 Å². The van der Waals surface area contributed by atoms with Crippen molar-refractivity contribution in [2.45, 2.75) is 71.1 Å². The lowest BCUT2D eigenvalue weighted by atomic mass is 9.85. The zero-order chi connectivity index (χ0) is 25.0. The lowest BCUT2D eigenvalue weighted by Gasteiger charge is -2.19. The monoisotopic (exact) mass is 471 g/mol. The summed E-state index contributed by atoms with van der Waals surface area (Å²) in [5.74, 6) is 0.198. The van der Waals surface area contributed by atoms with Crippen molar-refractivity contribution >= 4 is 11.6 Å². The van der Waals surface area contributed by atoms with Crippen molar-refractivity contribution in [2.75, 3.05) is 0 Å². The first kappa shape index (κ1) is 25.0. The van der Waals surface area contributed by atoms with E-state index < -0.39 is 0 Å². The Morgan fingerprint density at radius 3 is 2.31 bits per heavy atom. The van der Waals surface area contributed by atoms with Crippen LogP contribution in [-0.4, -0.2) is 16.6 Å². The molecule has 1 aromatic heterocycles. The second-order valence-electron chi connectivity index (χ2n) is 10.8. The predicted molar refractivity (Wildman–Crippen MR) is 137 cm³/mol. The molecular formula is C31H34FNO2. The van der Waals surface area contributed by atoms with Crippen LogP contribution < -0.4 is 0 Å². The summed E-state index contributed by atoms with van der Waals surface area (Å²) in [5, 5.41) is 0. The average Bonchev–Trinajstić information content (AvgIpc) is 3.65. The van der Waals surface area contributed by atoms with Crippen molar-refractivity contribution in [1.29, 1.82) is 0 Å². The summed E-state index contributed by atoms with van der Waals surface area (Å²) in [6.45, 7) is 6.44. The maximum atomic E-state index is 14.8. The zero-order valence-corrected chi connectivity index (χ0v) is 20.9. The van der Waals surface area contributed by atoms with Gasteiger partial charge in [0.1, 0.15) is 17.4 Å². The molecule has 0 unspecified atom stereocenters. The summed E-state index contributed by atoms with van der Waals surface area (Å²) < 4.78 is 14.8. The number of carbonyl (C=O) groups is 2. The number of pyridine rings is 1. The van der Waals surface area contributed by atoms with Gasteiger partial charge in [0, 0.05) is 37.1 Å². The van der Waals surface area contributed by atoms with Crippen LogP contribution in [0.2, 0.25) is 0 Å². The van der Waals surface area contributed by atoms with E-state index in [0.29, 0.717) is 24.8 Å². The van der Waals surface area contributed by atoms with E-state index in [-0.39, 0.29) is 35.1 Å². The maximum Gasteiger partial charge on any atom is 0.141 e. The van der Waals surface area contributed by atoms with Gasteiger partial charge in [0.25, 0.3) is 0 Å². The number of benzene rings is 2. The van der Waals surface area contributed by atoms with Crippen LogP contribution in [0.5, 0.6) is 0 Å². The first-order valence-electron chi connectivity index (χ1n) is 12.5. The molecule has 0 saturated heterocycles. The molecule has 0 amide bonds. The molecule has 0 bridgehead atoms. The number of rotatable bonds is 10. The van der Waals surface area contributed by atoms with Crippen LogP contribution in [0.15, 0.2) is 60.8 Å².